The van der Waals surface area contributed by atoms with E-state index in [1.54, 1.807) is 0 Å². The molecule has 1 saturated heterocycles. The Morgan fingerprint density at radius 2 is 1.71 bits per heavy atom. The highest BCUT2D eigenvalue weighted by molar-refractivity contribution is 4.70. The van der Waals surface area contributed by atoms with E-state index < -0.39 is 0 Å². The minimum atomic E-state index is 0.296. The summed E-state index contributed by atoms with van der Waals surface area (Å²) in [5.41, 5.74) is 0. The zero-order valence-electron chi connectivity index (χ0n) is 9.58. The van der Waals surface area contributed by atoms with Crippen molar-refractivity contribution in [3.63, 3.8) is 0 Å². The normalized spacial score (nSPS) is 21.4. The molecular weight excluding hydrogens is 176 g/mol. The lowest BCUT2D eigenvalue weighted by Gasteiger charge is -2.22. The van der Waals surface area contributed by atoms with E-state index in [0.29, 0.717) is 6.61 Å². The summed E-state index contributed by atoms with van der Waals surface area (Å²) >= 11 is 0. The summed E-state index contributed by atoms with van der Waals surface area (Å²) in [5, 5.41) is 8.87. The lowest BCUT2D eigenvalue weighted by molar-refractivity contribution is 0.194. The van der Waals surface area contributed by atoms with Crippen molar-refractivity contribution in [3.8, 4) is 0 Å². The standard InChI is InChI=1S/C11H24N2O/c1-11(2)10-13-5-3-4-12(6-7-13)8-9-14/h11,14H,3-10H2,1-2H3. The Bertz CT molecular complexity index is 150. The minimum absolute atomic E-state index is 0.296. The van der Waals surface area contributed by atoms with Crippen molar-refractivity contribution in [1.82, 2.24) is 9.80 Å². The first-order valence-corrected chi connectivity index (χ1v) is 5.78. The van der Waals surface area contributed by atoms with Gasteiger partial charge < -0.3 is 10.0 Å². The number of rotatable bonds is 4. The summed E-state index contributed by atoms with van der Waals surface area (Å²) in [7, 11) is 0. The monoisotopic (exact) mass is 200 g/mol. The molecule has 0 aliphatic carbocycles. The molecule has 0 spiro atoms. The summed E-state index contributed by atoms with van der Waals surface area (Å²) in [6, 6.07) is 0. The van der Waals surface area contributed by atoms with Crippen molar-refractivity contribution in [2.24, 2.45) is 5.92 Å². The van der Waals surface area contributed by atoms with Crippen LogP contribution in [0.25, 0.3) is 0 Å². The Labute approximate surface area is 87.7 Å². The third-order valence-corrected chi connectivity index (χ3v) is 2.72. The average Bonchev–Trinajstić information content (AvgIpc) is 2.31. The molecule has 84 valence electrons. The number of aliphatic hydroxyl groups excluding tert-OH is 1. The van der Waals surface area contributed by atoms with Gasteiger partial charge in [-0.3, -0.25) is 4.90 Å². The van der Waals surface area contributed by atoms with Crippen LogP contribution in [0, 0.1) is 5.92 Å². The third-order valence-electron chi connectivity index (χ3n) is 2.72. The number of nitrogens with zero attached hydrogens (tertiary/aromatic N) is 2. The molecule has 1 aliphatic rings. The topological polar surface area (TPSA) is 26.7 Å². The Morgan fingerprint density at radius 3 is 2.36 bits per heavy atom. The molecule has 1 N–H and O–H groups in total. The second-order valence-corrected chi connectivity index (χ2v) is 4.61. The van der Waals surface area contributed by atoms with Crippen LogP contribution in [0.3, 0.4) is 0 Å². The molecule has 0 saturated carbocycles. The summed E-state index contributed by atoms with van der Waals surface area (Å²) < 4.78 is 0. The Balaban J connectivity index is 2.25. The first-order valence-electron chi connectivity index (χ1n) is 5.78. The summed E-state index contributed by atoms with van der Waals surface area (Å²) in [4.78, 5) is 4.91. The fourth-order valence-corrected chi connectivity index (χ4v) is 2.09. The van der Waals surface area contributed by atoms with E-state index in [0.717, 1.165) is 32.1 Å². The van der Waals surface area contributed by atoms with E-state index in [1.165, 1.54) is 19.5 Å². The lowest BCUT2D eigenvalue weighted by atomic mass is 10.2. The van der Waals surface area contributed by atoms with Crippen molar-refractivity contribution < 1.29 is 5.11 Å². The van der Waals surface area contributed by atoms with Crippen molar-refractivity contribution in [2.45, 2.75) is 20.3 Å². The summed E-state index contributed by atoms with van der Waals surface area (Å²) in [6.45, 7) is 11.6. The van der Waals surface area contributed by atoms with E-state index >= 15 is 0 Å². The number of aliphatic hydroxyl groups is 1. The van der Waals surface area contributed by atoms with Gasteiger partial charge in [0.05, 0.1) is 6.61 Å². The molecule has 0 bridgehead atoms. The fraction of sp³-hybridized carbons (Fsp3) is 1.00. The SMILES string of the molecule is CC(C)CN1CCCN(CCO)CC1. The summed E-state index contributed by atoms with van der Waals surface area (Å²) in [5.74, 6) is 0.763. The van der Waals surface area contributed by atoms with Crippen LogP contribution in [0.2, 0.25) is 0 Å². The highest BCUT2D eigenvalue weighted by atomic mass is 16.3. The van der Waals surface area contributed by atoms with Gasteiger partial charge in [-0.05, 0) is 25.4 Å². The maximum Gasteiger partial charge on any atom is 0.0558 e. The van der Waals surface area contributed by atoms with Crippen LogP contribution >= 0.6 is 0 Å². The van der Waals surface area contributed by atoms with E-state index in [4.69, 9.17) is 5.11 Å². The highest BCUT2D eigenvalue weighted by Crippen LogP contribution is 2.05. The molecule has 0 unspecified atom stereocenters. The van der Waals surface area contributed by atoms with Crippen LogP contribution in [0.1, 0.15) is 20.3 Å². The Kier molecular flexibility index (Phi) is 5.45. The third kappa shape index (κ3) is 4.40. The maximum atomic E-state index is 8.87. The average molecular weight is 200 g/mol. The highest BCUT2D eigenvalue weighted by Gasteiger charge is 2.14. The van der Waals surface area contributed by atoms with E-state index in [2.05, 4.69) is 23.6 Å². The van der Waals surface area contributed by atoms with Gasteiger partial charge in [-0.25, -0.2) is 0 Å². The van der Waals surface area contributed by atoms with Crippen LogP contribution in [-0.2, 0) is 0 Å². The van der Waals surface area contributed by atoms with Gasteiger partial charge in [0.1, 0.15) is 0 Å². The fourth-order valence-electron chi connectivity index (χ4n) is 2.09. The molecule has 1 heterocycles. The van der Waals surface area contributed by atoms with Gasteiger partial charge in [0.25, 0.3) is 0 Å². The van der Waals surface area contributed by atoms with Gasteiger partial charge >= 0.3 is 0 Å². The largest absolute Gasteiger partial charge is 0.395 e. The molecule has 3 nitrogen and oxygen atoms in total. The van der Waals surface area contributed by atoms with E-state index in [9.17, 15) is 0 Å². The van der Waals surface area contributed by atoms with Crippen LogP contribution in [0.5, 0.6) is 0 Å². The number of β-amino-alcohol motifs (C(OH)–C–C–N with tert-alkyl or cyclic N) is 1. The maximum absolute atomic E-state index is 8.87. The first kappa shape index (κ1) is 12.0. The molecule has 14 heavy (non-hydrogen) atoms. The number of hydrogen-bond donors (Lipinski definition) is 1. The lowest BCUT2D eigenvalue weighted by Crippen LogP contribution is -2.34. The first-order chi connectivity index (χ1) is 6.72. The van der Waals surface area contributed by atoms with Gasteiger partial charge in [0.15, 0.2) is 0 Å². The predicted molar refractivity (Wildman–Crippen MR) is 59.4 cm³/mol. The molecule has 0 aromatic heterocycles. The van der Waals surface area contributed by atoms with Gasteiger partial charge in [-0.2, -0.15) is 0 Å². The molecule has 1 aliphatic heterocycles. The Morgan fingerprint density at radius 1 is 1.07 bits per heavy atom. The van der Waals surface area contributed by atoms with Crippen LogP contribution in [0.15, 0.2) is 0 Å². The molecule has 0 amide bonds. The van der Waals surface area contributed by atoms with E-state index in [-0.39, 0.29) is 0 Å². The molecule has 0 aromatic rings. The molecule has 0 atom stereocenters. The van der Waals surface area contributed by atoms with E-state index in [1.807, 2.05) is 0 Å². The van der Waals surface area contributed by atoms with Crippen molar-refractivity contribution in [1.29, 1.82) is 0 Å². The smallest absolute Gasteiger partial charge is 0.0558 e. The van der Waals surface area contributed by atoms with Crippen LogP contribution in [0.4, 0.5) is 0 Å². The zero-order valence-corrected chi connectivity index (χ0v) is 9.58. The van der Waals surface area contributed by atoms with Crippen LogP contribution < -0.4 is 0 Å². The van der Waals surface area contributed by atoms with Gasteiger partial charge in [-0.1, -0.05) is 13.8 Å². The van der Waals surface area contributed by atoms with Gasteiger partial charge in [-0.15, -0.1) is 0 Å². The molecule has 0 aromatic carbocycles. The van der Waals surface area contributed by atoms with Crippen molar-refractivity contribution in [3.05, 3.63) is 0 Å². The second kappa shape index (κ2) is 6.38. The van der Waals surface area contributed by atoms with Crippen molar-refractivity contribution in [2.75, 3.05) is 45.9 Å². The van der Waals surface area contributed by atoms with Gasteiger partial charge in [0, 0.05) is 26.2 Å². The molecule has 1 fully saturated rings. The number of hydrogen-bond acceptors (Lipinski definition) is 3. The molecular formula is C11H24N2O. The second-order valence-electron chi connectivity index (χ2n) is 4.61. The molecule has 3 heteroatoms. The van der Waals surface area contributed by atoms with Crippen LogP contribution in [-0.4, -0.2) is 60.8 Å². The zero-order chi connectivity index (χ0) is 10.4. The van der Waals surface area contributed by atoms with Gasteiger partial charge in [0.2, 0.25) is 0 Å². The quantitative estimate of drug-likeness (QED) is 0.721. The molecule has 1 rings (SSSR count). The predicted octanol–water partition coefficient (Wildman–Crippen LogP) is 0.642. The Hall–Kier alpha value is -0.120. The van der Waals surface area contributed by atoms with Crippen molar-refractivity contribution >= 4 is 0 Å². The molecule has 0 radical (unpaired) electrons. The minimum Gasteiger partial charge on any atom is -0.395 e. The summed E-state index contributed by atoms with van der Waals surface area (Å²) in [6.07, 6.45) is 1.24.